The molecule has 0 aliphatic carbocycles. The molecule has 0 N–H and O–H groups in total. The van der Waals surface area contributed by atoms with Crippen LogP contribution in [0.1, 0.15) is 33.5 Å². The lowest BCUT2D eigenvalue weighted by Crippen LogP contribution is -2.02. The van der Waals surface area contributed by atoms with Crippen LogP contribution in [0.15, 0.2) is 47.4 Å². The molecular weight excluding hydrogens is 264 g/mol. The highest BCUT2D eigenvalue weighted by molar-refractivity contribution is 7.98. The zero-order chi connectivity index (χ0) is 14.5. The van der Waals surface area contributed by atoms with Gasteiger partial charge in [0.15, 0.2) is 5.78 Å². The maximum absolute atomic E-state index is 12.3. The van der Waals surface area contributed by atoms with Crippen molar-refractivity contribution in [2.24, 2.45) is 0 Å². The van der Waals surface area contributed by atoms with E-state index in [9.17, 15) is 4.79 Å². The standard InChI is InChI=1S/C18H20OS/c1-13-8-9-16(12-14(13)2)17(19)11-10-15-6-4-5-7-18(15)20-3/h4-9,12H,10-11H2,1-3H3. The zero-order valence-electron chi connectivity index (χ0n) is 12.3. The molecule has 0 saturated heterocycles. The third kappa shape index (κ3) is 3.51. The highest BCUT2D eigenvalue weighted by Gasteiger charge is 2.09. The van der Waals surface area contributed by atoms with Crippen LogP contribution in [0, 0.1) is 13.8 Å². The van der Waals surface area contributed by atoms with Crippen LogP contribution in [-0.2, 0) is 6.42 Å². The Labute approximate surface area is 125 Å². The van der Waals surface area contributed by atoms with Gasteiger partial charge in [0.2, 0.25) is 0 Å². The van der Waals surface area contributed by atoms with Crippen LogP contribution >= 0.6 is 11.8 Å². The van der Waals surface area contributed by atoms with Crippen molar-refractivity contribution in [3.05, 3.63) is 64.7 Å². The third-order valence-electron chi connectivity index (χ3n) is 3.64. The van der Waals surface area contributed by atoms with Crippen molar-refractivity contribution in [3.8, 4) is 0 Å². The van der Waals surface area contributed by atoms with Crippen molar-refractivity contribution >= 4 is 17.5 Å². The molecule has 1 nitrogen and oxygen atoms in total. The molecule has 0 fully saturated rings. The minimum absolute atomic E-state index is 0.226. The fourth-order valence-corrected chi connectivity index (χ4v) is 2.86. The monoisotopic (exact) mass is 284 g/mol. The second-order valence-corrected chi connectivity index (χ2v) is 5.88. The summed E-state index contributed by atoms with van der Waals surface area (Å²) in [5, 5.41) is 0. The van der Waals surface area contributed by atoms with Crippen LogP contribution in [0.3, 0.4) is 0 Å². The van der Waals surface area contributed by atoms with E-state index >= 15 is 0 Å². The number of ketones is 1. The van der Waals surface area contributed by atoms with Gasteiger partial charge in [0, 0.05) is 16.9 Å². The van der Waals surface area contributed by atoms with Gasteiger partial charge in [-0.05, 0) is 55.3 Å². The van der Waals surface area contributed by atoms with Gasteiger partial charge in [-0.2, -0.15) is 0 Å². The largest absolute Gasteiger partial charge is 0.294 e. The van der Waals surface area contributed by atoms with E-state index in [1.54, 1.807) is 11.8 Å². The Bertz CT molecular complexity index is 617. The summed E-state index contributed by atoms with van der Waals surface area (Å²) in [6, 6.07) is 14.3. The minimum Gasteiger partial charge on any atom is -0.294 e. The molecule has 0 amide bonds. The number of carbonyl (C=O) groups is 1. The number of carbonyl (C=O) groups excluding carboxylic acids is 1. The molecule has 104 valence electrons. The average molecular weight is 284 g/mol. The molecule has 2 heteroatoms. The maximum Gasteiger partial charge on any atom is 0.163 e. The van der Waals surface area contributed by atoms with Crippen molar-refractivity contribution < 1.29 is 4.79 Å². The fourth-order valence-electron chi connectivity index (χ4n) is 2.22. The Hall–Kier alpha value is -1.54. The van der Waals surface area contributed by atoms with Crippen LogP contribution < -0.4 is 0 Å². The molecule has 0 aliphatic heterocycles. The predicted molar refractivity (Wildman–Crippen MR) is 86.8 cm³/mol. The minimum atomic E-state index is 0.226. The number of aryl methyl sites for hydroxylation is 3. The van der Waals surface area contributed by atoms with Gasteiger partial charge in [0.25, 0.3) is 0 Å². The molecule has 0 atom stereocenters. The summed E-state index contributed by atoms with van der Waals surface area (Å²) in [7, 11) is 0. The van der Waals surface area contributed by atoms with Crippen LogP contribution in [0.5, 0.6) is 0 Å². The Morgan fingerprint density at radius 3 is 2.50 bits per heavy atom. The quantitative estimate of drug-likeness (QED) is 0.577. The molecule has 0 unspecified atom stereocenters. The summed E-state index contributed by atoms with van der Waals surface area (Å²) in [6.45, 7) is 4.12. The Morgan fingerprint density at radius 2 is 1.80 bits per heavy atom. The van der Waals surface area contributed by atoms with Crippen molar-refractivity contribution in [2.45, 2.75) is 31.6 Å². The van der Waals surface area contributed by atoms with Gasteiger partial charge in [0.05, 0.1) is 0 Å². The first kappa shape index (κ1) is 14.9. The summed E-state index contributed by atoms with van der Waals surface area (Å²) >= 11 is 1.74. The summed E-state index contributed by atoms with van der Waals surface area (Å²) in [5.41, 5.74) is 4.50. The molecular formula is C18H20OS. The normalized spacial score (nSPS) is 10.6. The lowest BCUT2D eigenvalue weighted by Gasteiger charge is -2.07. The van der Waals surface area contributed by atoms with Crippen LogP contribution in [0.4, 0.5) is 0 Å². The SMILES string of the molecule is CSc1ccccc1CCC(=O)c1ccc(C)c(C)c1. The number of thioether (sulfide) groups is 1. The van der Waals surface area contributed by atoms with Gasteiger partial charge in [-0.1, -0.05) is 30.3 Å². The Balaban J connectivity index is 2.06. The van der Waals surface area contributed by atoms with Crippen molar-refractivity contribution in [1.82, 2.24) is 0 Å². The first-order valence-corrected chi connectivity index (χ1v) is 8.06. The molecule has 0 bridgehead atoms. The van der Waals surface area contributed by atoms with Gasteiger partial charge in [-0.15, -0.1) is 11.8 Å². The second-order valence-electron chi connectivity index (χ2n) is 5.03. The van der Waals surface area contributed by atoms with Gasteiger partial charge in [-0.3, -0.25) is 4.79 Å². The summed E-state index contributed by atoms with van der Waals surface area (Å²) < 4.78 is 0. The fraction of sp³-hybridized carbons (Fsp3) is 0.278. The molecule has 0 spiro atoms. The van der Waals surface area contributed by atoms with E-state index in [0.717, 1.165) is 12.0 Å². The van der Waals surface area contributed by atoms with E-state index in [1.165, 1.54) is 21.6 Å². The number of hydrogen-bond acceptors (Lipinski definition) is 2. The molecule has 0 heterocycles. The van der Waals surface area contributed by atoms with Gasteiger partial charge < -0.3 is 0 Å². The third-order valence-corrected chi connectivity index (χ3v) is 4.48. The number of benzene rings is 2. The molecule has 2 rings (SSSR count). The molecule has 0 saturated carbocycles. The lowest BCUT2D eigenvalue weighted by atomic mass is 9.99. The average Bonchev–Trinajstić information content (AvgIpc) is 2.47. The van der Waals surface area contributed by atoms with Crippen LogP contribution in [-0.4, -0.2) is 12.0 Å². The highest BCUT2D eigenvalue weighted by Crippen LogP contribution is 2.22. The van der Waals surface area contributed by atoms with Crippen molar-refractivity contribution in [1.29, 1.82) is 0 Å². The molecule has 20 heavy (non-hydrogen) atoms. The molecule has 0 aliphatic rings. The van der Waals surface area contributed by atoms with Gasteiger partial charge in [0.1, 0.15) is 0 Å². The number of Topliss-reactive ketones (excluding diaryl/α,β-unsaturated/α-hetero) is 1. The second kappa shape index (κ2) is 6.76. The maximum atomic E-state index is 12.3. The molecule has 2 aromatic rings. The topological polar surface area (TPSA) is 17.1 Å². The van der Waals surface area contributed by atoms with Crippen molar-refractivity contribution in [3.63, 3.8) is 0 Å². The molecule has 2 aromatic carbocycles. The summed E-state index contributed by atoms with van der Waals surface area (Å²) in [5.74, 6) is 0.226. The van der Waals surface area contributed by atoms with Gasteiger partial charge >= 0.3 is 0 Å². The first-order valence-electron chi connectivity index (χ1n) is 6.84. The Morgan fingerprint density at radius 1 is 1.05 bits per heavy atom. The van der Waals surface area contributed by atoms with E-state index in [4.69, 9.17) is 0 Å². The molecule has 0 aromatic heterocycles. The smallest absolute Gasteiger partial charge is 0.163 e. The highest BCUT2D eigenvalue weighted by atomic mass is 32.2. The number of rotatable bonds is 5. The zero-order valence-corrected chi connectivity index (χ0v) is 13.1. The van der Waals surface area contributed by atoms with Gasteiger partial charge in [-0.25, -0.2) is 0 Å². The van der Waals surface area contributed by atoms with E-state index < -0.39 is 0 Å². The van der Waals surface area contributed by atoms with E-state index in [0.29, 0.717) is 6.42 Å². The lowest BCUT2D eigenvalue weighted by molar-refractivity contribution is 0.0982. The van der Waals surface area contributed by atoms with Crippen molar-refractivity contribution in [2.75, 3.05) is 6.26 Å². The van der Waals surface area contributed by atoms with E-state index in [-0.39, 0.29) is 5.78 Å². The summed E-state index contributed by atoms with van der Waals surface area (Å²) in [4.78, 5) is 13.5. The molecule has 0 radical (unpaired) electrons. The summed E-state index contributed by atoms with van der Waals surface area (Å²) in [6.07, 6.45) is 3.45. The predicted octanol–water partition coefficient (Wildman–Crippen LogP) is 4.84. The van der Waals surface area contributed by atoms with E-state index in [2.05, 4.69) is 32.2 Å². The van der Waals surface area contributed by atoms with E-state index in [1.807, 2.05) is 30.3 Å². The first-order chi connectivity index (χ1) is 9.61. The Kier molecular flexibility index (Phi) is 5.02. The number of hydrogen-bond donors (Lipinski definition) is 0. The van der Waals surface area contributed by atoms with Crippen LogP contribution in [0.2, 0.25) is 0 Å². The van der Waals surface area contributed by atoms with Crippen LogP contribution in [0.25, 0.3) is 0 Å².